The van der Waals surface area contributed by atoms with Crippen LogP contribution in [-0.2, 0) is 4.74 Å². The normalized spacial score (nSPS) is 12.8. The molecule has 1 heterocycles. The van der Waals surface area contributed by atoms with E-state index in [1.807, 2.05) is 0 Å². The average Bonchev–Trinajstić information content (AvgIpc) is 2.58. The van der Waals surface area contributed by atoms with Crippen LogP contribution in [-0.4, -0.2) is 30.6 Å². The Hall–Kier alpha value is -2.49. The van der Waals surface area contributed by atoms with Gasteiger partial charge < -0.3 is 20.9 Å². The van der Waals surface area contributed by atoms with Gasteiger partial charge in [-0.15, -0.1) is 11.6 Å². The predicted molar refractivity (Wildman–Crippen MR) is 98.8 cm³/mol. The van der Waals surface area contributed by atoms with Gasteiger partial charge >= 0.3 is 0 Å². The number of nitrogen functional groups attached to an aromatic ring is 1. The van der Waals surface area contributed by atoms with E-state index in [4.69, 9.17) is 32.5 Å². The third kappa shape index (κ3) is 6.49. The molecule has 0 aliphatic rings. The molecule has 1 aromatic heterocycles. The molecule has 0 spiro atoms. The first-order valence-corrected chi connectivity index (χ1v) is 7.93. The summed E-state index contributed by atoms with van der Waals surface area (Å²) in [6.45, 7) is 5.17. The Morgan fingerprint density at radius 2 is 2.24 bits per heavy atom. The van der Waals surface area contributed by atoms with Gasteiger partial charge in [-0.05, 0) is 19.1 Å². The van der Waals surface area contributed by atoms with Crippen molar-refractivity contribution in [1.82, 2.24) is 4.98 Å². The summed E-state index contributed by atoms with van der Waals surface area (Å²) in [4.78, 5) is 4.05. The third-order valence-corrected chi connectivity index (χ3v) is 3.39. The zero-order chi connectivity index (χ0) is 18.8. The van der Waals surface area contributed by atoms with E-state index in [1.54, 1.807) is 13.0 Å². The molecule has 0 bridgehead atoms. The van der Waals surface area contributed by atoms with Crippen molar-refractivity contribution in [3.63, 3.8) is 0 Å². The van der Waals surface area contributed by atoms with Gasteiger partial charge in [-0.1, -0.05) is 18.4 Å². The molecular formula is C18H21ClFN3O2. The van der Waals surface area contributed by atoms with Gasteiger partial charge in [0.1, 0.15) is 17.7 Å². The highest BCUT2D eigenvalue weighted by Gasteiger charge is 2.17. The summed E-state index contributed by atoms with van der Waals surface area (Å²) in [5.41, 5.74) is 12.4. The molecule has 134 valence electrons. The smallest absolute Gasteiger partial charge is 0.166 e. The zero-order valence-electron chi connectivity index (χ0n) is 14.2. The summed E-state index contributed by atoms with van der Waals surface area (Å²) < 4.78 is 23.9. The summed E-state index contributed by atoms with van der Waals surface area (Å²) in [6, 6.07) is 1.67. The van der Waals surface area contributed by atoms with Crippen molar-refractivity contribution in [2.75, 3.05) is 25.3 Å². The number of anilines is 1. The number of nitrogens with zero attached hydrogens (tertiary/aromatic N) is 1. The second-order valence-corrected chi connectivity index (χ2v) is 5.15. The molecule has 0 aromatic carbocycles. The van der Waals surface area contributed by atoms with E-state index in [0.29, 0.717) is 22.6 Å². The minimum Gasteiger partial charge on any atom is -0.497 e. The van der Waals surface area contributed by atoms with E-state index in [9.17, 15) is 4.39 Å². The van der Waals surface area contributed by atoms with Crippen LogP contribution in [0, 0.1) is 11.8 Å². The number of hydrogen-bond acceptors (Lipinski definition) is 5. The summed E-state index contributed by atoms with van der Waals surface area (Å²) in [5.74, 6) is 6.06. The molecule has 25 heavy (non-hydrogen) atoms. The fourth-order valence-corrected chi connectivity index (χ4v) is 2.23. The van der Waals surface area contributed by atoms with Crippen LogP contribution in [0.3, 0.4) is 0 Å². The lowest BCUT2D eigenvalue weighted by molar-refractivity contribution is 0.238. The van der Waals surface area contributed by atoms with Gasteiger partial charge in [0.15, 0.2) is 11.6 Å². The Balaban J connectivity index is 3.13. The van der Waals surface area contributed by atoms with E-state index in [0.717, 1.165) is 0 Å². The predicted octanol–water partition coefficient (Wildman–Crippen LogP) is 2.92. The summed E-state index contributed by atoms with van der Waals surface area (Å²) in [7, 11) is 1.46. The largest absolute Gasteiger partial charge is 0.497 e. The molecule has 0 radical (unpaired) electrons. The molecule has 0 aliphatic carbocycles. The van der Waals surface area contributed by atoms with Crippen LogP contribution in [0.2, 0.25) is 0 Å². The van der Waals surface area contributed by atoms with Gasteiger partial charge in [-0.3, -0.25) is 0 Å². The molecule has 1 aromatic rings. The Kier molecular flexibility index (Phi) is 8.54. The molecular weight excluding hydrogens is 345 g/mol. The lowest BCUT2D eigenvalue weighted by atomic mass is 10.1. The van der Waals surface area contributed by atoms with E-state index >= 15 is 0 Å². The van der Waals surface area contributed by atoms with Gasteiger partial charge in [0, 0.05) is 23.4 Å². The second-order valence-electron chi connectivity index (χ2n) is 4.88. The Bertz CT molecular complexity index is 736. The zero-order valence-corrected chi connectivity index (χ0v) is 14.9. The summed E-state index contributed by atoms with van der Waals surface area (Å²) in [5, 5.41) is 0. The fourth-order valence-electron chi connectivity index (χ4n) is 1.88. The molecule has 4 N–H and O–H groups in total. The van der Waals surface area contributed by atoms with Crippen LogP contribution in [0.4, 0.5) is 10.2 Å². The van der Waals surface area contributed by atoms with E-state index in [-0.39, 0.29) is 18.2 Å². The van der Waals surface area contributed by atoms with E-state index < -0.39 is 11.9 Å². The fraction of sp³-hybridized carbons (Fsp3) is 0.278. The van der Waals surface area contributed by atoms with Crippen molar-refractivity contribution >= 4 is 17.4 Å². The standard InChI is InChI=1S/C18H21ClFN3O2/c1-12(20)6-7-16(24-3)15(10-19)13(2)25-17-9-14(5-4-8-21)11-23-18(17)22/h6-7,9,11,13H,1,8,10,21H2,2-3H3,(H2,22,23)/b7-6-,16-15-. The number of ether oxygens (including phenoxy) is 2. The van der Waals surface area contributed by atoms with Crippen molar-refractivity contribution in [2.24, 2.45) is 5.73 Å². The lowest BCUT2D eigenvalue weighted by Crippen LogP contribution is -2.19. The monoisotopic (exact) mass is 365 g/mol. The lowest BCUT2D eigenvalue weighted by Gasteiger charge is -2.19. The van der Waals surface area contributed by atoms with Gasteiger partial charge in [-0.25, -0.2) is 9.37 Å². The van der Waals surface area contributed by atoms with Gasteiger partial charge in [0.05, 0.1) is 19.5 Å². The average molecular weight is 366 g/mol. The third-order valence-electron chi connectivity index (χ3n) is 3.11. The molecule has 7 heteroatoms. The molecule has 0 fully saturated rings. The number of methoxy groups -OCH3 is 1. The molecule has 0 saturated carbocycles. The van der Waals surface area contributed by atoms with Crippen LogP contribution in [0.25, 0.3) is 0 Å². The van der Waals surface area contributed by atoms with Gasteiger partial charge in [0.25, 0.3) is 0 Å². The highest BCUT2D eigenvalue weighted by Crippen LogP contribution is 2.25. The maximum absolute atomic E-state index is 12.8. The Morgan fingerprint density at radius 3 is 2.80 bits per heavy atom. The van der Waals surface area contributed by atoms with Crippen molar-refractivity contribution in [2.45, 2.75) is 13.0 Å². The summed E-state index contributed by atoms with van der Waals surface area (Å²) in [6.07, 6.45) is 3.65. The number of allylic oxidation sites excluding steroid dienone is 3. The number of alkyl halides is 1. The second kappa shape index (κ2) is 10.4. The molecule has 0 saturated heterocycles. The Labute approximate surface area is 152 Å². The minimum atomic E-state index is -0.600. The van der Waals surface area contributed by atoms with E-state index in [1.165, 1.54) is 25.5 Å². The first-order chi connectivity index (χ1) is 11.9. The van der Waals surface area contributed by atoms with Crippen molar-refractivity contribution in [3.05, 3.63) is 53.7 Å². The first kappa shape index (κ1) is 20.6. The van der Waals surface area contributed by atoms with E-state index in [2.05, 4.69) is 23.4 Å². The van der Waals surface area contributed by atoms with Crippen LogP contribution in [0.15, 0.2) is 48.2 Å². The molecule has 0 amide bonds. The van der Waals surface area contributed by atoms with Crippen LogP contribution >= 0.6 is 11.6 Å². The number of hydrogen-bond donors (Lipinski definition) is 2. The molecule has 1 rings (SSSR count). The first-order valence-electron chi connectivity index (χ1n) is 7.39. The molecule has 1 atom stereocenters. The van der Waals surface area contributed by atoms with Crippen molar-refractivity contribution in [3.8, 4) is 17.6 Å². The summed E-state index contributed by atoms with van der Waals surface area (Å²) >= 11 is 6.01. The van der Waals surface area contributed by atoms with Gasteiger partial charge in [-0.2, -0.15) is 0 Å². The number of halogens is 2. The van der Waals surface area contributed by atoms with Crippen molar-refractivity contribution in [1.29, 1.82) is 0 Å². The highest BCUT2D eigenvalue weighted by molar-refractivity contribution is 6.19. The van der Waals surface area contributed by atoms with Crippen molar-refractivity contribution < 1.29 is 13.9 Å². The molecule has 0 aliphatic heterocycles. The quantitative estimate of drug-likeness (QED) is 0.336. The Morgan fingerprint density at radius 1 is 1.52 bits per heavy atom. The number of nitrogens with two attached hydrogens (primary N) is 2. The maximum Gasteiger partial charge on any atom is 0.166 e. The van der Waals surface area contributed by atoms with Crippen LogP contribution in [0.1, 0.15) is 12.5 Å². The van der Waals surface area contributed by atoms with Gasteiger partial charge in [0.2, 0.25) is 0 Å². The molecule has 5 nitrogen and oxygen atoms in total. The van der Waals surface area contributed by atoms with Crippen LogP contribution in [0.5, 0.6) is 5.75 Å². The highest BCUT2D eigenvalue weighted by atomic mass is 35.5. The topological polar surface area (TPSA) is 83.4 Å². The number of pyridine rings is 1. The minimum absolute atomic E-state index is 0.118. The number of rotatable bonds is 7. The molecule has 1 unspecified atom stereocenters. The van der Waals surface area contributed by atoms with Crippen LogP contribution < -0.4 is 16.2 Å². The number of aromatic nitrogens is 1. The maximum atomic E-state index is 12.8. The SMILES string of the molecule is C=C(F)/C=C\C(OC)=C(/CCl)C(C)Oc1cc(C#CCN)cnc1N.